The smallest absolute Gasteiger partial charge is 0.235 e. The third kappa shape index (κ3) is 2.88. The van der Waals surface area contributed by atoms with Gasteiger partial charge in [-0.1, -0.05) is 0 Å². The van der Waals surface area contributed by atoms with Gasteiger partial charge in [0.05, 0.1) is 5.25 Å². The summed E-state index contributed by atoms with van der Waals surface area (Å²) in [5.74, 6) is 0.239. The van der Waals surface area contributed by atoms with Crippen LogP contribution in [0.25, 0.3) is 0 Å². The maximum Gasteiger partial charge on any atom is 0.235 e. The monoisotopic (exact) mass is 202 g/mol. The lowest BCUT2D eigenvalue weighted by Crippen LogP contribution is -2.48. The molecule has 0 bridgehead atoms. The molecule has 4 heteroatoms. The van der Waals surface area contributed by atoms with Crippen LogP contribution in [0.3, 0.4) is 0 Å². The number of nitrogens with two attached hydrogens (primary N) is 1. The average Bonchev–Trinajstić information content (AvgIpc) is 2.15. The molecule has 1 aliphatic heterocycles. The number of rotatable bonds is 2. The standard InChI is InChI=1S/C9H18N2OS/c1-7(13-2)9(12)11-5-3-4-8(10)6-11/h7-8H,3-6,10H2,1-2H3. The lowest BCUT2D eigenvalue weighted by atomic mass is 10.1. The Morgan fingerprint density at radius 2 is 2.38 bits per heavy atom. The lowest BCUT2D eigenvalue weighted by molar-refractivity contribution is -0.131. The van der Waals surface area contributed by atoms with Gasteiger partial charge in [0.15, 0.2) is 0 Å². The number of thioether (sulfide) groups is 1. The fraction of sp³-hybridized carbons (Fsp3) is 0.889. The van der Waals surface area contributed by atoms with Gasteiger partial charge in [0.2, 0.25) is 5.91 Å². The van der Waals surface area contributed by atoms with Crippen LogP contribution in [0, 0.1) is 0 Å². The second-order valence-corrected chi connectivity index (χ2v) is 4.74. The molecule has 0 aromatic carbocycles. The Morgan fingerprint density at radius 3 is 2.92 bits per heavy atom. The zero-order valence-electron chi connectivity index (χ0n) is 8.32. The molecule has 1 rings (SSSR count). The van der Waals surface area contributed by atoms with Crippen LogP contribution in [0.4, 0.5) is 0 Å². The lowest BCUT2D eigenvalue weighted by Gasteiger charge is -2.32. The van der Waals surface area contributed by atoms with E-state index in [4.69, 9.17) is 5.73 Å². The first-order valence-electron chi connectivity index (χ1n) is 4.72. The highest BCUT2D eigenvalue weighted by atomic mass is 32.2. The van der Waals surface area contributed by atoms with Crippen LogP contribution in [0.5, 0.6) is 0 Å². The highest BCUT2D eigenvalue weighted by Gasteiger charge is 2.24. The van der Waals surface area contributed by atoms with Gasteiger partial charge >= 0.3 is 0 Å². The molecule has 0 radical (unpaired) electrons. The van der Waals surface area contributed by atoms with Crippen molar-refractivity contribution in [3.8, 4) is 0 Å². The van der Waals surface area contributed by atoms with E-state index in [1.54, 1.807) is 11.8 Å². The number of hydrogen-bond acceptors (Lipinski definition) is 3. The summed E-state index contributed by atoms with van der Waals surface area (Å²) < 4.78 is 0. The first-order chi connectivity index (χ1) is 6.15. The molecule has 3 nitrogen and oxygen atoms in total. The van der Waals surface area contributed by atoms with Crippen LogP contribution in [0.2, 0.25) is 0 Å². The van der Waals surface area contributed by atoms with E-state index in [1.807, 2.05) is 18.1 Å². The summed E-state index contributed by atoms with van der Waals surface area (Å²) in [5.41, 5.74) is 5.80. The predicted molar refractivity (Wildman–Crippen MR) is 56.8 cm³/mol. The van der Waals surface area contributed by atoms with E-state index in [0.717, 1.165) is 25.9 Å². The van der Waals surface area contributed by atoms with E-state index in [-0.39, 0.29) is 17.2 Å². The third-order valence-electron chi connectivity index (χ3n) is 2.47. The largest absolute Gasteiger partial charge is 0.340 e. The van der Waals surface area contributed by atoms with Crippen LogP contribution in [0.1, 0.15) is 19.8 Å². The molecular formula is C9H18N2OS. The Kier molecular flexibility index (Phi) is 4.06. The van der Waals surface area contributed by atoms with Crippen molar-refractivity contribution in [1.82, 2.24) is 4.90 Å². The molecule has 2 unspecified atom stereocenters. The van der Waals surface area contributed by atoms with E-state index < -0.39 is 0 Å². The predicted octanol–water partition coefficient (Wildman–Crippen LogP) is 0.688. The SMILES string of the molecule is CSC(C)C(=O)N1CCCC(N)C1. The number of carbonyl (C=O) groups is 1. The van der Waals surface area contributed by atoms with Crippen LogP contribution >= 0.6 is 11.8 Å². The number of hydrogen-bond donors (Lipinski definition) is 1. The van der Waals surface area contributed by atoms with Crippen LogP contribution in [-0.2, 0) is 4.79 Å². The van der Waals surface area contributed by atoms with Crippen molar-refractivity contribution in [3.05, 3.63) is 0 Å². The molecule has 1 heterocycles. The van der Waals surface area contributed by atoms with Gasteiger partial charge in [-0.2, -0.15) is 11.8 Å². The average molecular weight is 202 g/mol. The summed E-state index contributed by atoms with van der Waals surface area (Å²) in [5, 5.41) is 0.0744. The Hall–Kier alpha value is -0.220. The van der Waals surface area contributed by atoms with Crippen molar-refractivity contribution in [3.63, 3.8) is 0 Å². The summed E-state index contributed by atoms with van der Waals surface area (Å²) in [6.45, 7) is 3.58. The molecule has 2 atom stereocenters. The van der Waals surface area contributed by atoms with Crippen molar-refractivity contribution < 1.29 is 4.79 Å². The Labute approximate surface area is 84.0 Å². The molecule has 0 aromatic heterocycles. The molecule has 1 fully saturated rings. The van der Waals surface area contributed by atoms with Gasteiger partial charge in [-0.25, -0.2) is 0 Å². The molecule has 2 N–H and O–H groups in total. The van der Waals surface area contributed by atoms with E-state index in [1.165, 1.54) is 0 Å². The molecular weight excluding hydrogens is 184 g/mol. The van der Waals surface area contributed by atoms with Crippen molar-refractivity contribution in [2.75, 3.05) is 19.3 Å². The van der Waals surface area contributed by atoms with Gasteiger partial charge in [-0.15, -0.1) is 0 Å². The first-order valence-corrected chi connectivity index (χ1v) is 6.01. The zero-order chi connectivity index (χ0) is 9.84. The van der Waals surface area contributed by atoms with Gasteiger partial charge < -0.3 is 10.6 Å². The number of piperidine rings is 1. The van der Waals surface area contributed by atoms with Crippen molar-refractivity contribution >= 4 is 17.7 Å². The maximum absolute atomic E-state index is 11.7. The minimum Gasteiger partial charge on any atom is -0.340 e. The Balaban J connectivity index is 2.46. The number of nitrogens with zero attached hydrogens (tertiary/aromatic N) is 1. The summed E-state index contributed by atoms with van der Waals surface area (Å²) in [6, 6.07) is 0.187. The van der Waals surface area contributed by atoms with Crippen LogP contribution in [0.15, 0.2) is 0 Å². The van der Waals surface area contributed by atoms with Gasteiger partial charge in [-0.05, 0) is 26.0 Å². The number of carbonyl (C=O) groups excluding carboxylic acids is 1. The Morgan fingerprint density at radius 1 is 1.69 bits per heavy atom. The van der Waals surface area contributed by atoms with Gasteiger partial charge in [-0.3, -0.25) is 4.79 Å². The molecule has 76 valence electrons. The van der Waals surface area contributed by atoms with Crippen LogP contribution < -0.4 is 5.73 Å². The van der Waals surface area contributed by atoms with Crippen molar-refractivity contribution in [2.45, 2.75) is 31.1 Å². The minimum absolute atomic E-state index is 0.0744. The molecule has 13 heavy (non-hydrogen) atoms. The van der Waals surface area contributed by atoms with Crippen LogP contribution in [-0.4, -0.2) is 41.4 Å². The van der Waals surface area contributed by atoms with E-state index in [9.17, 15) is 4.79 Å². The fourth-order valence-electron chi connectivity index (χ4n) is 1.57. The molecule has 1 saturated heterocycles. The van der Waals surface area contributed by atoms with Gasteiger partial charge in [0.25, 0.3) is 0 Å². The highest BCUT2D eigenvalue weighted by molar-refractivity contribution is 7.99. The maximum atomic E-state index is 11.7. The molecule has 1 aliphatic rings. The summed E-state index contributed by atoms with van der Waals surface area (Å²) >= 11 is 1.60. The normalized spacial score (nSPS) is 25.8. The van der Waals surface area contributed by atoms with Gasteiger partial charge in [0, 0.05) is 19.1 Å². The Bertz CT molecular complexity index is 186. The fourth-order valence-corrected chi connectivity index (χ4v) is 1.92. The second-order valence-electron chi connectivity index (χ2n) is 3.56. The topological polar surface area (TPSA) is 46.3 Å². The third-order valence-corrected chi connectivity index (χ3v) is 3.38. The highest BCUT2D eigenvalue weighted by Crippen LogP contribution is 2.14. The van der Waals surface area contributed by atoms with Crippen molar-refractivity contribution in [1.29, 1.82) is 0 Å². The molecule has 0 spiro atoms. The molecule has 0 aromatic rings. The first kappa shape index (κ1) is 10.9. The van der Waals surface area contributed by atoms with E-state index in [2.05, 4.69) is 0 Å². The summed E-state index contributed by atoms with van der Waals surface area (Å²) in [4.78, 5) is 13.6. The molecule has 0 saturated carbocycles. The quantitative estimate of drug-likeness (QED) is 0.716. The second kappa shape index (κ2) is 4.86. The molecule has 1 amide bonds. The van der Waals surface area contributed by atoms with E-state index >= 15 is 0 Å². The number of likely N-dealkylation sites (tertiary alicyclic amines) is 1. The van der Waals surface area contributed by atoms with E-state index in [0.29, 0.717) is 0 Å². The molecule has 0 aliphatic carbocycles. The summed E-state index contributed by atoms with van der Waals surface area (Å²) in [6.07, 6.45) is 4.07. The van der Waals surface area contributed by atoms with Gasteiger partial charge in [0.1, 0.15) is 0 Å². The van der Waals surface area contributed by atoms with Crippen molar-refractivity contribution in [2.24, 2.45) is 5.73 Å². The summed E-state index contributed by atoms with van der Waals surface area (Å²) in [7, 11) is 0. The number of amides is 1. The minimum atomic E-state index is 0.0744. The zero-order valence-corrected chi connectivity index (χ0v) is 9.14.